The van der Waals surface area contributed by atoms with E-state index in [1.807, 2.05) is 6.07 Å². The van der Waals surface area contributed by atoms with Gasteiger partial charge in [0.1, 0.15) is 11.9 Å². The zero-order chi connectivity index (χ0) is 26.1. The molecule has 3 fully saturated rings. The number of likely N-dealkylation sites (tertiary alicyclic amines) is 2. The van der Waals surface area contributed by atoms with Crippen LogP contribution >= 0.6 is 0 Å². The minimum absolute atomic E-state index is 0.187. The van der Waals surface area contributed by atoms with Gasteiger partial charge < -0.3 is 10.0 Å². The van der Waals surface area contributed by atoms with Crippen LogP contribution in [0, 0.1) is 23.6 Å². The van der Waals surface area contributed by atoms with Crippen LogP contribution in [0.2, 0.25) is 0 Å². The largest absolute Gasteiger partial charge is 0.480 e. The molecule has 0 aromatic heterocycles. The average Bonchev–Trinajstić information content (AvgIpc) is 3.51. The van der Waals surface area contributed by atoms with Crippen LogP contribution in [0.5, 0.6) is 0 Å². The Kier molecular flexibility index (Phi) is 7.85. The topological polar surface area (TPSA) is 43.8 Å². The number of piperidine rings is 1. The molecule has 4 aliphatic rings. The van der Waals surface area contributed by atoms with Crippen molar-refractivity contribution >= 4 is 5.97 Å². The Morgan fingerprint density at radius 2 is 1.76 bits per heavy atom. The third-order valence-corrected chi connectivity index (χ3v) is 10.1. The summed E-state index contributed by atoms with van der Waals surface area (Å²) in [6.45, 7) is 4.75. The molecule has 2 aromatic carbocycles. The molecule has 4 unspecified atom stereocenters. The van der Waals surface area contributed by atoms with Gasteiger partial charge in [0.25, 0.3) is 0 Å². The number of hydrogen-bond acceptors (Lipinski definition) is 3. The van der Waals surface area contributed by atoms with E-state index in [0.717, 1.165) is 69.4 Å². The Labute approximate surface area is 227 Å². The van der Waals surface area contributed by atoms with Crippen LogP contribution in [-0.4, -0.2) is 59.6 Å². The molecule has 0 amide bonds. The van der Waals surface area contributed by atoms with Crippen LogP contribution in [0.4, 0.5) is 4.39 Å². The fraction of sp³-hybridized carbons (Fsp3) is 0.606. The lowest BCUT2D eigenvalue weighted by atomic mass is 9.85. The smallest absolute Gasteiger partial charge is 0.320 e. The third-order valence-electron chi connectivity index (χ3n) is 10.1. The second kappa shape index (κ2) is 11.5. The molecule has 2 aliphatic carbocycles. The second-order valence-electron chi connectivity index (χ2n) is 12.7. The lowest BCUT2D eigenvalue weighted by Gasteiger charge is -2.35. The average molecular weight is 519 g/mol. The Morgan fingerprint density at radius 1 is 0.947 bits per heavy atom. The SMILES string of the molecule is O=C(O)C(CC1CC1)N1CC(CN2CCC(CCC3CCc4ccccc43)CC2)C(c2cccc(F)c2)C1. The number of aryl methyl sites for hydroxylation is 1. The van der Waals surface area contributed by atoms with E-state index in [9.17, 15) is 14.3 Å². The molecule has 4 atom stereocenters. The van der Waals surface area contributed by atoms with E-state index in [0.29, 0.717) is 11.8 Å². The van der Waals surface area contributed by atoms with Crippen molar-refractivity contribution < 1.29 is 14.3 Å². The predicted octanol–water partition coefficient (Wildman–Crippen LogP) is 6.32. The van der Waals surface area contributed by atoms with Gasteiger partial charge in [-0.3, -0.25) is 9.69 Å². The molecule has 5 heteroatoms. The minimum Gasteiger partial charge on any atom is -0.480 e. The zero-order valence-electron chi connectivity index (χ0n) is 22.6. The van der Waals surface area contributed by atoms with Crippen molar-refractivity contribution in [3.8, 4) is 0 Å². The highest BCUT2D eigenvalue weighted by Gasteiger charge is 2.42. The molecule has 4 nitrogen and oxygen atoms in total. The number of halogens is 1. The predicted molar refractivity (Wildman–Crippen MR) is 149 cm³/mol. The standard InChI is InChI=1S/C33H43FN2O2/c34-29-6-3-5-27(19-29)31-22-36(32(33(37)38)18-24-8-9-24)21-28(31)20-35-16-14-23(15-17-35)10-11-26-13-12-25-4-1-2-7-30(25)26/h1-7,19,23-24,26,28,31-32H,8-18,20-22H2,(H,37,38). The van der Waals surface area contributed by atoms with E-state index in [1.54, 1.807) is 23.3 Å². The van der Waals surface area contributed by atoms with Crippen molar-refractivity contribution in [1.82, 2.24) is 9.80 Å². The van der Waals surface area contributed by atoms with Gasteiger partial charge in [0.15, 0.2) is 0 Å². The van der Waals surface area contributed by atoms with Gasteiger partial charge in [0, 0.05) is 25.6 Å². The van der Waals surface area contributed by atoms with Crippen LogP contribution in [0.25, 0.3) is 0 Å². The fourth-order valence-electron chi connectivity index (χ4n) is 7.71. The first-order valence-electron chi connectivity index (χ1n) is 15.1. The Morgan fingerprint density at radius 3 is 2.53 bits per heavy atom. The number of fused-ring (bicyclic) bond motifs is 1. The van der Waals surface area contributed by atoms with Crippen molar-refractivity contribution in [1.29, 1.82) is 0 Å². The quantitative estimate of drug-likeness (QED) is 0.400. The maximum Gasteiger partial charge on any atom is 0.320 e. The highest BCUT2D eigenvalue weighted by atomic mass is 19.1. The summed E-state index contributed by atoms with van der Waals surface area (Å²) in [6.07, 6.45) is 10.8. The molecule has 2 aromatic rings. The van der Waals surface area contributed by atoms with Gasteiger partial charge in [-0.1, -0.05) is 49.2 Å². The van der Waals surface area contributed by atoms with E-state index in [4.69, 9.17) is 0 Å². The van der Waals surface area contributed by atoms with Gasteiger partial charge in [0.05, 0.1) is 0 Å². The number of rotatable bonds is 10. The van der Waals surface area contributed by atoms with Gasteiger partial charge in [-0.25, -0.2) is 4.39 Å². The van der Waals surface area contributed by atoms with Crippen molar-refractivity contribution in [2.45, 2.75) is 75.7 Å². The summed E-state index contributed by atoms with van der Waals surface area (Å²) < 4.78 is 14.2. The van der Waals surface area contributed by atoms with Crippen LogP contribution in [0.1, 0.15) is 79.9 Å². The molecular weight excluding hydrogens is 475 g/mol. The second-order valence-corrected chi connectivity index (χ2v) is 12.7. The molecule has 0 spiro atoms. The summed E-state index contributed by atoms with van der Waals surface area (Å²) in [5, 5.41) is 10.0. The molecule has 1 N–H and O–H groups in total. The first kappa shape index (κ1) is 26.0. The lowest BCUT2D eigenvalue weighted by Crippen LogP contribution is -2.41. The molecule has 6 rings (SSSR count). The highest BCUT2D eigenvalue weighted by Crippen LogP contribution is 2.41. The summed E-state index contributed by atoms with van der Waals surface area (Å²) in [4.78, 5) is 17.0. The Bertz CT molecular complexity index is 1110. The number of benzene rings is 2. The van der Waals surface area contributed by atoms with Crippen molar-refractivity contribution in [2.75, 3.05) is 32.7 Å². The minimum atomic E-state index is -0.693. The van der Waals surface area contributed by atoms with Crippen LogP contribution in [0.3, 0.4) is 0 Å². The molecule has 0 radical (unpaired) electrons. The van der Waals surface area contributed by atoms with Crippen LogP contribution < -0.4 is 0 Å². The molecule has 2 heterocycles. The first-order chi connectivity index (χ1) is 18.5. The number of nitrogens with zero attached hydrogens (tertiary/aromatic N) is 2. The van der Waals surface area contributed by atoms with Gasteiger partial charge in [-0.05, 0) is 111 Å². The van der Waals surface area contributed by atoms with Crippen LogP contribution in [-0.2, 0) is 11.2 Å². The summed E-state index contributed by atoms with van der Waals surface area (Å²) in [5.74, 6) is 1.77. The first-order valence-corrected chi connectivity index (χ1v) is 15.1. The lowest BCUT2D eigenvalue weighted by molar-refractivity contribution is -0.143. The van der Waals surface area contributed by atoms with Crippen LogP contribution in [0.15, 0.2) is 48.5 Å². The molecule has 38 heavy (non-hydrogen) atoms. The van der Waals surface area contributed by atoms with Crippen molar-refractivity contribution in [2.24, 2.45) is 17.8 Å². The van der Waals surface area contributed by atoms with Gasteiger partial charge in [-0.15, -0.1) is 0 Å². The number of carboxylic acids is 1. The normalized spacial score (nSPS) is 27.4. The van der Waals surface area contributed by atoms with Crippen molar-refractivity contribution in [3.05, 3.63) is 71.0 Å². The Balaban J connectivity index is 1.05. The van der Waals surface area contributed by atoms with Gasteiger partial charge in [0.2, 0.25) is 0 Å². The maximum absolute atomic E-state index is 14.2. The third kappa shape index (κ3) is 5.99. The maximum atomic E-state index is 14.2. The van der Waals surface area contributed by atoms with Crippen molar-refractivity contribution in [3.63, 3.8) is 0 Å². The fourth-order valence-corrected chi connectivity index (χ4v) is 7.71. The highest BCUT2D eigenvalue weighted by molar-refractivity contribution is 5.73. The molecule has 2 saturated heterocycles. The van der Waals surface area contributed by atoms with E-state index in [-0.39, 0.29) is 11.7 Å². The number of hydrogen-bond donors (Lipinski definition) is 1. The van der Waals surface area contributed by atoms with E-state index < -0.39 is 12.0 Å². The molecule has 1 saturated carbocycles. The number of aliphatic carboxylic acids is 1. The summed E-state index contributed by atoms with van der Waals surface area (Å²) >= 11 is 0. The summed E-state index contributed by atoms with van der Waals surface area (Å²) in [5.41, 5.74) is 4.19. The van der Waals surface area contributed by atoms with Gasteiger partial charge in [-0.2, -0.15) is 0 Å². The summed E-state index contributed by atoms with van der Waals surface area (Å²) in [7, 11) is 0. The zero-order valence-corrected chi connectivity index (χ0v) is 22.6. The van der Waals surface area contributed by atoms with Gasteiger partial charge >= 0.3 is 5.97 Å². The molecule has 2 aliphatic heterocycles. The Hall–Kier alpha value is -2.24. The van der Waals surface area contributed by atoms with E-state index in [1.165, 1.54) is 44.6 Å². The monoisotopic (exact) mass is 518 g/mol. The molecular formula is C33H43FN2O2. The summed E-state index contributed by atoms with van der Waals surface area (Å²) in [6, 6.07) is 15.6. The number of carboxylic acid groups (broad SMARTS) is 1. The molecule has 0 bridgehead atoms. The molecule has 204 valence electrons. The van der Waals surface area contributed by atoms with E-state index >= 15 is 0 Å². The number of carbonyl (C=O) groups is 1. The van der Waals surface area contributed by atoms with E-state index in [2.05, 4.69) is 34.1 Å².